The van der Waals surface area contributed by atoms with E-state index in [2.05, 4.69) is 5.32 Å². The molecule has 0 bridgehead atoms. The van der Waals surface area contributed by atoms with Gasteiger partial charge >= 0.3 is 0 Å². The molecule has 0 aromatic heterocycles. The van der Waals surface area contributed by atoms with E-state index in [1.165, 1.54) is 0 Å². The van der Waals surface area contributed by atoms with Crippen LogP contribution in [0, 0.1) is 17.2 Å². The maximum atomic E-state index is 12.0. The van der Waals surface area contributed by atoms with E-state index in [-0.39, 0.29) is 30.0 Å². The van der Waals surface area contributed by atoms with Gasteiger partial charge in [0.2, 0.25) is 5.91 Å². The molecule has 1 amide bonds. The predicted molar refractivity (Wildman–Crippen MR) is 71.8 cm³/mol. The van der Waals surface area contributed by atoms with Crippen molar-refractivity contribution in [1.29, 1.82) is 5.26 Å². The van der Waals surface area contributed by atoms with Gasteiger partial charge in [0.15, 0.2) is 0 Å². The lowest BCUT2D eigenvalue weighted by Crippen LogP contribution is -2.46. The summed E-state index contributed by atoms with van der Waals surface area (Å²) in [4.78, 5) is 12.0. The Morgan fingerprint density at radius 1 is 1.47 bits per heavy atom. The summed E-state index contributed by atoms with van der Waals surface area (Å²) >= 11 is 0. The topological polar surface area (TPSA) is 113 Å². The maximum Gasteiger partial charge on any atom is 0.225 e. The first-order valence-corrected chi connectivity index (χ1v) is 8.53. The first-order chi connectivity index (χ1) is 8.83. The Morgan fingerprint density at radius 2 is 2.11 bits per heavy atom. The van der Waals surface area contributed by atoms with Crippen molar-refractivity contribution in [3.63, 3.8) is 0 Å². The van der Waals surface area contributed by atoms with Crippen LogP contribution in [-0.2, 0) is 14.6 Å². The molecule has 1 rings (SSSR count). The highest BCUT2D eigenvalue weighted by atomic mass is 32.2. The fourth-order valence-electron chi connectivity index (χ4n) is 2.26. The third-order valence-corrected chi connectivity index (χ3v) is 4.38. The smallest absolute Gasteiger partial charge is 0.225 e. The average Bonchev–Trinajstić information content (AvgIpc) is 2.33. The highest BCUT2D eigenvalue weighted by Crippen LogP contribution is 2.23. The van der Waals surface area contributed by atoms with Crippen LogP contribution in [0.15, 0.2) is 0 Å². The summed E-state index contributed by atoms with van der Waals surface area (Å²) in [5, 5.41) is 11.5. The monoisotopic (exact) mass is 287 g/mol. The number of hydrogen-bond donors (Lipinski definition) is 2. The van der Waals surface area contributed by atoms with Crippen LogP contribution in [-0.4, -0.2) is 38.4 Å². The van der Waals surface area contributed by atoms with Gasteiger partial charge in [-0.05, 0) is 19.3 Å². The number of amides is 1. The van der Waals surface area contributed by atoms with E-state index in [0.29, 0.717) is 0 Å². The molecule has 3 atom stereocenters. The van der Waals surface area contributed by atoms with Gasteiger partial charge < -0.3 is 11.1 Å². The summed E-state index contributed by atoms with van der Waals surface area (Å²) < 4.78 is 22.1. The Kier molecular flexibility index (Phi) is 5.76. The second-order valence-corrected chi connectivity index (χ2v) is 7.42. The van der Waals surface area contributed by atoms with Crippen molar-refractivity contribution < 1.29 is 13.2 Å². The first kappa shape index (κ1) is 15.9. The fraction of sp³-hybridized carbons (Fsp3) is 0.833. The van der Waals surface area contributed by atoms with Crippen molar-refractivity contribution >= 4 is 15.7 Å². The molecule has 0 saturated heterocycles. The van der Waals surface area contributed by atoms with E-state index < -0.39 is 15.9 Å². The lowest BCUT2D eigenvalue weighted by molar-refractivity contribution is -0.126. The van der Waals surface area contributed by atoms with Crippen LogP contribution < -0.4 is 11.1 Å². The maximum absolute atomic E-state index is 12.0. The quantitative estimate of drug-likeness (QED) is 0.736. The minimum atomic E-state index is -3.13. The number of nitrogens with two attached hydrogens (primary N) is 1. The number of rotatable bonds is 5. The van der Waals surface area contributed by atoms with E-state index in [9.17, 15) is 13.2 Å². The molecule has 1 aliphatic carbocycles. The number of nitriles is 1. The zero-order valence-corrected chi connectivity index (χ0v) is 11.9. The number of carbonyl (C=O) groups is 1. The highest BCUT2D eigenvalue weighted by molar-refractivity contribution is 7.90. The predicted octanol–water partition coefficient (Wildman–Crippen LogP) is -0.0530. The number of hydrogen-bond acceptors (Lipinski definition) is 5. The van der Waals surface area contributed by atoms with Crippen molar-refractivity contribution in [3.8, 4) is 6.07 Å². The second kappa shape index (κ2) is 6.87. The number of sulfone groups is 1. The fourth-order valence-corrected chi connectivity index (χ4v) is 2.93. The molecule has 0 radical (unpaired) electrons. The third kappa shape index (κ3) is 5.57. The molecule has 1 fully saturated rings. The molecule has 1 saturated carbocycles. The molecule has 0 heterocycles. The van der Waals surface area contributed by atoms with Gasteiger partial charge in [-0.3, -0.25) is 4.79 Å². The van der Waals surface area contributed by atoms with Gasteiger partial charge in [0.05, 0.1) is 17.7 Å². The Balaban J connectivity index is 2.51. The minimum Gasteiger partial charge on any atom is -0.340 e. The van der Waals surface area contributed by atoms with Crippen LogP contribution in [0.3, 0.4) is 0 Å². The largest absolute Gasteiger partial charge is 0.340 e. The highest BCUT2D eigenvalue weighted by Gasteiger charge is 2.29. The van der Waals surface area contributed by atoms with Crippen LogP contribution >= 0.6 is 0 Å². The molecule has 0 unspecified atom stereocenters. The van der Waals surface area contributed by atoms with Crippen LogP contribution in [0.1, 0.15) is 32.1 Å². The summed E-state index contributed by atoms with van der Waals surface area (Å²) in [5.41, 5.74) is 5.90. The molecule has 0 aliphatic heterocycles. The van der Waals surface area contributed by atoms with Gasteiger partial charge in [-0.2, -0.15) is 5.26 Å². The minimum absolute atomic E-state index is 0.109. The van der Waals surface area contributed by atoms with Crippen molar-refractivity contribution in [3.05, 3.63) is 0 Å². The van der Waals surface area contributed by atoms with Gasteiger partial charge in [-0.25, -0.2) is 8.42 Å². The van der Waals surface area contributed by atoms with Crippen molar-refractivity contribution in [2.24, 2.45) is 11.7 Å². The van der Waals surface area contributed by atoms with Gasteiger partial charge in [0.1, 0.15) is 15.9 Å². The van der Waals surface area contributed by atoms with E-state index in [0.717, 1.165) is 31.9 Å². The van der Waals surface area contributed by atoms with Crippen LogP contribution in [0.5, 0.6) is 0 Å². The van der Waals surface area contributed by atoms with Crippen LogP contribution in [0.2, 0.25) is 0 Å². The normalized spacial score (nSPS) is 25.3. The molecular weight excluding hydrogens is 266 g/mol. The molecular formula is C12H21N3O3S. The van der Waals surface area contributed by atoms with Gasteiger partial charge in [0, 0.05) is 12.3 Å². The molecule has 108 valence electrons. The molecule has 0 aromatic carbocycles. The van der Waals surface area contributed by atoms with Crippen molar-refractivity contribution in [2.45, 2.75) is 44.2 Å². The SMILES string of the molecule is CS(=O)(=O)CC[C@@H](C#N)NC(=O)[C@@H]1CCCC[C@@H]1N. The summed E-state index contributed by atoms with van der Waals surface area (Å²) in [6, 6.07) is 0.991. The summed E-state index contributed by atoms with van der Waals surface area (Å²) in [7, 11) is -3.13. The van der Waals surface area contributed by atoms with Crippen molar-refractivity contribution in [1.82, 2.24) is 5.32 Å². The Morgan fingerprint density at radius 3 is 2.63 bits per heavy atom. The summed E-state index contributed by atoms with van der Waals surface area (Å²) in [5.74, 6) is -0.600. The number of nitrogens with one attached hydrogen (secondary N) is 1. The molecule has 0 aromatic rings. The first-order valence-electron chi connectivity index (χ1n) is 6.47. The summed E-state index contributed by atoms with van der Waals surface area (Å²) in [6.45, 7) is 0. The number of carbonyl (C=O) groups excluding carboxylic acids is 1. The Bertz CT molecular complexity index is 455. The van der Waals surface area contributed by atoms with Gasteiger partial charge in [-0.15, -0.1) is 0 Å². The van der Waals surface area contributed by atoms with E-state index in [1.54, 1.807) is 0 Å². The van der Waals surface area contributed by atoms with Crippen molar-refractivity contribution in [2.75, 3.05) is 12.0 Å². The van der Waals surface area contributed by atoms with E-state index in [4.69, 9.17) is 11.0 Å². The second-order valence-electron chi connectivity index (χ2n) is 5.16. The van der Waals surface area contributed by atoms with Crippen LogP contribution in [0.25, 0.3) is 0 Å². The Labute approximate surface area is 114 Å². The lowest BCUT2D eigenvalue weighted by atomic mass is 9.84. The molecule has 0 spiro atoms. The average molecular weight is 287 g/mol. The molecule has 19 heavy (non-hydrogen) atoms. The zero-order valence-electron chi connectivity index (χ0n) is 11.1. The standard InChI is InChI=1S/C12H21N3O3S/c1-19(17,18)7-6-9(8-13)15-12(16)10-4-2-3-5-11(10)14/h9-11H,2-7,14H2,1H3,(H,15,16)/t9-,10+,11-/m0/s1. The molecule has 3 N–H and O–H groups in total. The third-order valence-electron chi connectivity index (χ3n) is 3.41. The molecule has 1 aliphatic rings. The van der Waals surface area contributed by atoms with Crippen LogP contribution in [0.4, 0.5) is 0 Å². The number of nitrogens with zero attached hydrogens (tertiary/aromatic N) is 1. The zero-order chi connectivity index (χ0) is 14.5. The van der Waals surface area contributed by atoms with Gasteiger partial charge in [-0.1, -0.05) is 12.8 Å². The molecule has 7 heteroatoms. The van der Waals surface area contributed by atoms with Gasteiger partial charge in [0.25, 0.3) is 0 Å². The molecule has 6 nitrogen and oxygen atoms in total. The van der Waals surface area contributed by atoms with E-state index in [1.807, 2.05) is 6.07 Å². The summed E-state index contributed by atoms with van der Waals surface area (Å²) in [6.07, 6.45) is 4.77. The Hall–Kier alpha value is -1.13. The lowest BCUT2D eigenvalue weighted by Gasteiger charge is -2.28. The van der Waals surface area contributed by atoms with E-state index >= 15 is 0 Å².